The first-order valence-corrected chi connectivity index (χ1v) is 9.70. The van der Waals surface area contributed by atoms with Crippen molar-refractivity contribution >= 4 is 11.8 Å². The van der Waals surface area contributed by atoms with E-state index >= 15 is 0 Å². The maximum absolute atomic E-state index is 5.42. The highest BCUT2D eigenvalue weighted by Gasteiger charge is 2.10. The molecular formula is C23H28N4O. The monoisotopic (exact) mass is 376 g/mol. The van der Waals surface area contributed by atoms with Crippen molar-refractivity contribution in [3.8, 4) is 5.75 Å². The Hall–Kier alpha value is -3.08. The third kappa shape index (κ3) is 5.22. The number of ether oxygens (including phenoxy) is 1. The lowest BCUT2D eigenvalue weighted by Crippen LogP contribution is -2.24. The number of nitrogens with one attached hydrogen (secondary N) is 1. The normalized spacial score (nSPS) is 10.5. The molecule has 0 saturated heterocycles. The molecular weight excluding hydrogens is 348 g/mol. The van der Waals surface area contributed by atoms with E-state index in [1.54, 1.807) is 7.11 Å². The van der Waals surface area contributed by atoms with Crippen LogP contribution in [-0.4, -0.2) is 30.2 Å². The summed E-state index contributed by atoms with van der Waals surface area (Å²) in [5.74, 6) is 2.52. The first kappa shape index (κ1) is 19.7. The largest absolute Gasteiger partial charge is 0.496 e. The number of aryl methyl sites for hydroxylation is 1. The summed E-state index contributed by atoms with van der Waals surface area (Å²) in [7, 11) is 1.70. The van der Waals surface area contributed by atoms with Crippen LogP contribution >= 0.6 is 0 Å². The van der Waals surface area contributed by atoms with Crippen LogP contribution in [0, 0.1) is 6.92 Å². The van der Waals surface area contributed by atoms with E-state index in [9.17, 15) is 0 Å². The Labute approximate surface area is 167 Å². The van der Waals surface area contributed by atoms with Gasteiger partial charge in [0.05, 0.1) is 7.11 Å². The van der Waals surface area contributed by atoms with Crippen molar-refractivity contribution in [2.24, 2.45) is 0 Å². The summed E-state index contributed by atoms with van der Waals surface area (Å²) < 4.78 is 5.42. The first-order valence-electron chi connectivity index (χ1n) is 9.70. The SMILES string of the molecule is CCN(Cc1ccccc1)c1cc(C)nc(NCCc2ccccc2OC)n1. The van der Waals surface area contributed by atoms with Crippen molar-refractivity contribution in [3.63, 3.8) is 0 Å². The smallest absolute Gasteiger partial charge is 0.224 e. The topological polar surface area (TPSA) is 50.3 Å². The number of benzene rings is 2. The molecule has 5 nitrogen and oxygen atoms in total. The second kappa shape index (κ2) is 9.74. The minimum absolute atomic E-state index is 0.663. The molecule has 0 saturated carbocycles. The van der Waals surface area contributed by atoms with Crippen LogP contribution < -0.4 is 15.0 Å². The molecule has 0 atom stereocenters. The Bertz CT molecular complexity index is 883. The van der Waals surface area contributed by atoms with Crippen molar-refractivity contribution in [3.05, 3.63) is 77.5 Å². The van der Waals surface area contributed by atoms with Gasteiger partial charge in [0, 0.05) is 31.4 Å². The molecule has 5 heteroatoms. The number of rotatable bonds is 9. The zero-order chi connectivity index (χ0) is 19.8. The van der Waals surface area contributed by atoms with Crippen LogP contribution in [0.15, 0.2) is 60.7 Å². The van der Waals surface area contributed by atoms with E-state index in [4.69, 9.17) is 9.72 Å². The number of nitrogens with zero attached hydrogens (tertiary/aromatic N) is 3. The maximum Gasteiger partial charge on any atom is 0.224 e. The molecule has 3 rings (SSSR count). The number of aromatic nitrogens is 2. The second-order valence-electron chi connectivity index (χ2n) is 6.68. The molecule has 2 aromatic carbocycles. The lowest BCUT2D eigenvalue weighted by atomic mass is 10.1. The number of hydrogen-bond donors (Lipinski definition) is 1. The van der Waals surface area contributed by atoms with Crippen LogP contribution in [0.4, 0.5) is 11.8 Å². The van der Waals surface area contributed by atoms with Gasteiger partial charge in [-0.1, -0.05) is 48.5 Å². The van der Waals surface area contributed by atoms with Crippen molar-refractivity contribution in [2.75, 3.05) is 30.4 Å². The molecule has 28 heavy (non-hydrogen) atoms. The standard InChI is InChI=1S/C23H28N4O/c1-4-27(17-19-10-6-5-7-11-19)22-16-18(2)25-23(26-22)24-15-14-20-12-8-9-13-21(20)28-3/h5-13,16H,4,14-15,17H2,1-3H3,(H,24,25,26). The van der Waals surface area contributed by atoms with Gasteiger partial charge in [0.15, 0.2) is 0 Å². The van der Waals surface area contributed by atoms with Crippen molar-refractivity contribution in [1.29, 1.82) is 0 Å². The van der Waals surface area contributed by atoms with Crippen molar-refractivity contribution in [1.82, 2.24) is 9.97 Å². The molecule has 0 unspecified atom stereocenters. The van der Waals surface area contributed by atoms with Crippen molar-refractivity contribution < 1.29 is 4.74 Å². The fraction of sp³-hybridized carbons (Fsp3) is 0.304. The van der Waals surface area contributed by atoms with Gasteiger partial charge in [0.1, 0.15) is 11.6 Å². The fourth-order valence-corrected chi connectivity index (χ4v) is 3.17. The van der Waals surface area contributed by atoms with Gasteiger partial charge in [-0.15, -0.1) is 0 Å². The van der Waals surface area contributed by atoms with E-state index in [1.807, 2.05) is 37.3 Å². The molecule has 1 N–H and O–H groups in total. The van der Waals surface area contributed by atoms with Gasteiger partial charge in [-0.05, 0) is 37.5 Å². The Morgan fingerprint density at radius 1 is 1.00 bits per heavy atom. The van der Waals surface area contributed by atoms with E-state index in [0.717, 1.165) is 43.3 Å². The number of para-hydroxylation sites is 1. The van der Waals surface area contributed by atoms with Crippen LogP contribution in [0.3, 0.4) is 0 Å². The van der Waals surface area contributed by atoms with E-state index in [2.05, 4.69) is 52.5 Å². The highest BCUT2D eigenvalue weighted by atomic mass is 16.5. The zero-order valence-electron chi connectivity index (χ0n) is 16.9. The quantitative estimate of drug-likeness (QED) is 0.597. The third-order valence-corrected chi connectivity index (χ3v) is 4.63. The molecule has 0 aliphatic heterocycles. The van der Waals surface area contributed by atoms with Crippen LogP contribution in [0.5, 0.6) is 5.75 Å². The van der Waals surface area contributed by atoms with Crippen LogP contribution in [0.2, 0.25) is 0 Å². The predicted octanol–water partition coefficient (Wildman–Crippen LogP) is 4.47. The minimum Gasteiger partial charge on any atom is -0.496 e. The van der Waals surface area contributed by atoms with Gasteiger partial charge in [0.25, 0.3) is 0 Å². The molecule has 0 amide bonds. The van der Waals surface area contributed by atoms with Crippen LogP contribution in [0.1, 0.15) is 23.7 Å². The molecule has 0 radical (unpaired) electrons. The van der Waals surface area contributed by atoms with E-state index < -0.39 is 0 Å². The lowest BCUT2D eigenvalue weighted by Gasteiger charge is -2.23. The van der Waals surface area contributed by atoms with Gasteiger partial charge in [-0.2, -0.15) is 4.98 Å². The van der Waals surface area contributed by atoms with Gasteiger partial charge >= 0.3 is 0 Å². The minimum atomic E-state index is 0.663. The van der Waals surface area contributed by atoms with Crippen LogP contribution in [0.25, 0.3) is 0 Å². The van der Waals surface area contributed by atoms with E-state index in [-0.39, 0.29) is 0 Å². The van der Waals surface area contributed by atoms with Crippen molar-refractivity contribution in [2.45, 2.75) is 26.8 Å². The number of methoxy groups -OCH3 is 1. The average molecular weight is 377 g/mol. The van der Waals surface area contributed by atoms with E-state index in [0.29, 0.717) is 5.95 Å². The molecule has 1 aromatic heterocycles. The predicted molar refractivity (Wildman–Crippen MR) is 115 cm³/mol. The summed E-state index contributed by atoms with van der Waals surface area (Å²) in [6, 6.07) is 20.6. The summed E-state index contributed by atoms with van der Waals surface area (Å²) in [5.41, 5.74) is 3.40. The van der Waals surface area contributed by atoms with Gasteiger partial charge in [-0.3, -0.25) is 0 Å². The molecule has 1 heterocycles. The molecule has 0 fully saturated rings. The van der Waals surface area contributed by atoms with E-state index in [1.165, 1.54) is 11.1 Å². The molecule has 0 spiro atoms. The summed E-state index contributed by atoms with van der Waals surface area (Å²) in [5, 5.41) is 3.36. The lowest BCUT2D eigenvalue weighted by molar-refractivity contribution is 0.410. The van der Waals surface area contributed by atoms with Gasteiger partial charge in [0.2, 0.25) is 5.95 Å². The van der Waals surface area contributed by atoms with Crippen LogP contribution in [-0.2, 0) is 13.0 Å². The van der Waals surface area contributed by atoms with Gasteiger partial charge < -0.3 is 15.0 Å². The molecule has 146 valence electrons. The number of hydrogen-bond acceptors (Lipinski definition) is 5. The number of anilines is 2. The molecule has 0 aliphatic rings. The highest BCUT2D eigenvalue weighted by molar-refractivity contribution is 5.45. The maximum atomic E-state index is 5.42. The Morgan fingerprint density at radius 3 is 2.50 bits per heavy atom. The Morgan fingerprint density at radius 2 is 1.75 bits per heavy atom. The Kier molecular flexibility index (Phi) is 6.84. The second-order valence-corrected chi connectivity index (χ2v) is 6.68. The summed E-state index contributed by atoms with van der Waals surface area (Å²) in [6.07, 6.45) is 0.845. The fourth-order valence-electron chi connectivity index (χ4n) is 3.17. The Balaban J connectivity index is 1.68. The average Bonchev–Trinajstić information content (AvgIpc) is 2.72. The highest BCUT2D eigenvalue weighted by Crippen LogP contribution is 2.19. The molecule has 3 aromatic rings. The summed E-state index contributed by atoms with van der Waals surface area (Å²) in [4.78, 5) is 11.6. The molecule has 0 aliphatic carbocycles. The summed E-state index contributed by atoms with van der Waals surface area (Å²) >= 11 is 0. The zero-order valence-corrected chi connectivity index (χ0v) is 16.9. The molecule has 0 bridgehead atoms. The summed E-state index contributed by atoms with van der Waals surface area (Å²) in [6.45, 7) is 6.61. The third-order valence-electron chi connectivity index (χ3n) is 4.63. The van der Waals surface area contributed by atoms with Gasteiger partial charge in [-0.25, -0.2) is 4.98 Å². The first-order chi connectivity index (χ1) is 13.7.